The van der Waals surface area contributed by atoms with Gasteiger partial charge >= 0.3 is 0 Å². The standard InChI is InChI=1S/C13H28N2O2/c1-3-6-15(7-8-16)11-13(10-14-2)5-4-9-17-12-13/h14,16H,3-12H2,1-2H3. The van der Waals surface area contributed by atoms with Crippen LogP contribution in [0.25, 0.3) is 0 Å². The minimum absolute atomic E-state index is 0.233. The van der Waals surface area contributed by atoms with Crippen molar-refractivity contribution in [2.24, 2.45) is 5.41 Å². The van der Waals surface area contributed by atoms with Gasteiger partial charge in [-0.25, -0.2) is 0 Å². The first-order chi connectivity index (χ1) is 8.26. The molecule has 1 atom stereocenters. The molecule has 0 amide bonds. The SMILES string of the molecule is CCCN(CCO)CC1(CNC)CCCOC1. The number of ether oxygens (including phenoxy) is 1. The van der Waals surface area contributed by atoms with Crippen molar-refractivity contribution in [2.45, 2.75) is 26.2 Å². The molecule has 0 aromatic rings. The predicted octanol–water partition coefficient (Wildman–Crippen LogP) is 0.707. The molecule has 0 bridgehead atoms. The summed E-state index contributed by atoms with van der Waals surface area (Å²) in [6.45, 7) is 8.05. The Hall–Kier alpha value is -0.160. The van der Waals surface area contributed by atoms with E-state index in [0.29, 0.717) is 0 Å². The summed E-state index contributed by atoms with van der Waals surface area (Å²) in [5, 5.41) is 12.4. The Morgan fingerprint density at radius 2 is 2.24 bits per heavy atom. The Balaban J connectivity index is 2.55. The summed E-state index contributed by atoms with van der Waals surface area (Å²) in [4.78, 5) is 2.37. The van der Waals surface area contributed by atoms with Crippen LogP contribution in [0.3, 0.4) is 0 Å². The third kappa shape index (κ3) is 4.92. The molecule has 1 unspecified atom stereocenters. The number of nitrogens with zero attached hydrogens (tertiary/aromatic N) is 1. The molecule has 4 heteroatoms. The lowest BCUT2D eigenvalue weighted by molar-refractivity contribution is -0.0271. The van der Waals surface area contributed by atoms with Crippen molar-refractivity contribution < 1.29 is 9.84 Å². The van der Waals surface area contributed by atoms with Gasteiger partial charge in [-0.15, -0.1) is 0 Å². The van der Waals surface area contributed by atoms with Crippen LogP contribution in [-0.4, -0.2) is 63.1 Å². The topological polar surface area (TPSA) is 44.7 Å². The zero-order valence-corrected chi connectivity index (χ0v) is 11.4. The van der Waals surface area contributed by atoms with Crippen molar-refractivity contribution in [1.82, 2.24) is 10.2 Å². The van der Waals surface area contributed by atoms with Gasteiger partial charge in [0.15, 0.2) is 0 Å². The van der Waals surface area contributed by atoms with Crippen LogP contribution in [0.4, 0.5) is 0 Å². The summed E-state index contributed by atoms with van der Waals surface area (Å²) in [5.41, 5.74) is 0.233. The highest BCUT2D eigenvalue weighted by atomic mass is 16.5. The monoisotopic (exact) mass is 244 g/mol. The fourth-order valence-electron chi connectivity index (χ4n) is 2.81. The number of hydrogen-bond donors (Lipinski definition) is 2. The van der Waals surface area contributed by atoms with Gasteiger partial charge in [-0.2, -0.15) is 0 Å². The van der Waals surface area contributed by atoms with Gasteiger partial charge in [-0.05, 0) is 32.9 Å². The van der Waals surface area contributed by atoms with Gasteiger partial charge in [0, 0.05) is 31.7 Å². The van der Waals surface area contributed by atoms with Crippen molar-refractivity contribution in [2.75, 3.05) is 53.0 Å². The summed E-state index contributed by atoms with van der Waals surface area (Å²) in [6.07, 6.45) is 3.51. The van der Waals surface area contributed by atoms with Gasteiger partial charge < -0.3 is 20.1 Å². The lowest BCUT2D eigenvalue weighted by Gasteiger charge is -2.40. The molecule has 0 aromatic carbocycles. The van der Waals surface area contributed by atoms with Crippen molar-refractivity contribution in [3.8, 4) is 0 Å². The Kier molecular flexibility index (Phi) is 7.04. The average molecular weight is 244 g/mol. The van der Waals surface area contributed by atoms with Crippen LogP contribution in [0.2, 0.25) is 0 Å². The molecule has 1 saturated heterocycles. The minimum Gasteiger partial charge on any atom is -0.395 e. The van der Waals surface area contributed by atoms with Gasteiger partial charge in [0.25, 0.3) is 0 Å². The number of aliphatic hydroxyl groups is 1. The van der Waals surface area contributed by atoms with Crippen LogP contribution in [0.1, 0.15) is 26.2 Å². The van der Waals surface area contributed by atoms with Crippen molar-refractivity contribution in [3.05, 3.63) is 0 Å². The average Bonchev–Trinajstić information content (AvgIpc) is 2.31. The molecule has 0 radical (unpaired) electrons. The van der Waals surface area contributed by atoms with E-state index in [-0.39, 0.29) is 12.0 Å². The highest BCUT2D eigenvalue weighted by Gasteiger charge is 2.33. The summed E-state index contributed by atoms with van der Waals surface area (Å²) in [5.74, 6) is 0. The highest BCUT2D eigenvalue weighted by molar-refractivity contribution is 4.86. The van der Waals surface area contributed by atoms with Crippen molar-refractivity contribution in [1.29, 1.82) is 0 Å². The van der Waals surface area contributed by atoms with Gasteiger partial charge in [0.2, 0.25) is 0 Å². The van der Waals surface area contributed by atoms with E-state index in [1.807, 2.05) is 7.05 Å². The van der Waals surface area contributed by atoms with E-state index >= 15 is 0 Å². The first-order valence-electron chi connectivity index (χ1n) is 6.82. The molecule has 1 aliphatic rings. The Morgan fingerprint density at radius 3 is 2.76 bits per heavy atom. The Morgan fingerprint density at radius 1 is 1.41 bits per heavy atom. The van der Waals surface area contributed by atoms with Crippen LogP contribution < -0.4 is 5.32 Å². The fourth-order valence-corrected chi connectivity index (χ4v) is 2.81. The van der Waals surface area contributed by atoms with E-state index < -0.39 is 0 Å². The number of aliphatic hydroxyl groups excluding tert-OH is 1. The smallest absolute Gasteiger partial charge is 0.0558 e. The van der Waals surface area contributed by atoms with Gasteiger partial charge in [-0.1, -0.05) is 6.92 Å². The zero-order chi connectivity index (χ0) is 12.6. The molecule has 0 saturated carbocycles. The molecule has 17 heavy (non-hydrogen) atoms. The van der Waals surface area contributed by atoms with Gasteiger partial charge in [0.1, 0.15) is 0 Å². The third-order valence-electron chi connectivity index (χ3n) is 3.47. The molecule has 1 heterocycles. The van der Waals surface area contributed by atoms with E-state index in [1.54, 1.807) is 0 Å². The van der Waals surface area contributed by atoms with Crippen LogP contribution in [0, 0.1) is 5.41 Å². The lowest BCUT2D eigenvalue weighted by atomic mass is 9.81. The molecule has 1 fully saturated rings. The largest absolute Gasteiger partial charge is 0.395 e. The minimum atomic E-state index is 0.233. The van der Waals surface area contributed by atoms with Crippen LogP contribution in [0.5, 0.6) is 0 Å². The second kappa shape index (κ2) is 8.03. The maximum absolute atomic E-state index is 9.12. The summed E-state index contributed by atoms with van der Waals surface area (Å²) >= 11 is 0. The van der Waals surface area contributed by atoms with Crippen LogP contribution in [0.15, 0.2) is 0 Å². The molecular weight excluding hydrogens is 216 g/mol. The maximum Gasteiger partial charge on any atom is 0.0558 e. The van der Waals surface area contributed by atoms with E-state index in [1.165, 1.54) is 6.42 Å². The molecule has 102 valence electrons. The first-order valence-corrected chi connectivity index (χ1v) is 6.82. The Labute approximate surface area is 105 Å². The maximum atomic E-state index is 9.12. The van der Waals surface area contributed by atoms with Gasteiger partial charge in [-0.3, -0.25) is 0 Å². The number of rotatable bonds is 8. The summed E-state index contributed by atoms with van der Waals surface area (Å²) in [7, 11) is 2.01. The third-order valence-corrected chi connectivity index (χ3v) is 3.47. The quantitative estimate of drug-likeness (QED) is 0.660. The van der Waals surface area contributed by atoms with Crippen LogP contribution >= 0.6 is 0 Å². The van der Waals surface area contributed by atoms with Crippen molar-refractivity contribution >= 4 is 0 Å². The number of nitrogens with one attached hydrogen (secondary N) is 1. The summed E-state index contributed by atoms with van der Waals surface area (Å²) < 4.78 is 5.67. The van der Waals surface area contributed by atoms with Crippen LogP contribution in [-0.2, 0) is 4.74 Å². The normalized spacial score (nSPS) is 25.4. The molecule has 0 spiro atoms. The second-order valence-electron chi connectivity index (χ2n) is 5.19. The predicted molar refractivity (Wildman–Crippen MR) is 70.2 cm³/mol. The first kappa shape index (κ1) is 14.9. The zero-order valence-electron chi connectivity index (χ0n) is 11.4. The number of hydrogen-bond acceptors (Lipinski definition) is 4. The second-order valence-corrected chi connectivity index (χ2v) is 5.19. The Bertz CT molecular complexity index is 182. The van der Waals surface area contributed by atoms with E-state index in [0.717, 1.165) is 52.2 Å². The molecule has 4 nitrogen and oxygen atoms in total. The van der Waals surface area contributed by atoms with E-state index in [4.69, 9.17) is 9.84 Å². The molecule has 0 aliphatic carbocycles. The molecular formula is C13H28N2O2. The van der Waals surface area contributed by atoms with Crippen molar-refractivity contribution in [3.63, 3.8) is 0 Å². The van der Waals surface area contributed by atoms with Gasteiger partial charge in [0.05, 0.1) is 13.2 Å². The lowest BCUT2D eigenvalue weighted by Crippen LogP contribution is -2.49. The van der Waals surface area contributed by atoms with E-state index in [2.05, 4.69) is 17.1 Å². The molecule has 1 rings (SSSR count). The molecule has 1 aliphatic heterocycles. The fraction of sp³-hybridized carbons (Fsp3) is 1.00. The van der Waals surface area contributed by atoms with E-state index in [9.17, 15) is 0 Å². The highest BCUT2D eigenvalue weighted by Crippen LogP contribution is 2.29. The summed E-state index contributed by atoms with van der Waals surface area (Å²) in [6, 6.07) is 0. The molecule has 2 N–H and O–H groups in total. The molecule has 0 aromatic heterocycles.